The molecule has 0 amide bonds. The zero-order valence-corrected chi connectivity index (χ0v) is 23.4. The number of likely N-dealkylation sites (N-methyl/N-ethyl adjacent to an activating group) is 1. The first-order valence-electron chi connectivity index (χ1n) is 13.7. The van der Waals surface area contributed by atoms with Crippen LogP contribution in [0.25, 0.3) is 11.3 Å². The maximum absolute atomic E-state index is 14.2. The van der Waals surface area contributed by atoms with Crippen molar-refractivity contribution < 1.29 is 19.0 Å². The van der Waals surface area contributed by atoms with Crippen LogP contribution in [0.1, 0.15) is 31.2 Å². The van der Waals surface area contributed by atoms with Crippen molar-refractivity contribution in [2.45, 2.75) is 32.2 Å². The standard InChI is InChI=1S/C29H34ClFN6O3/c1-35-5-2-6-37(10-9-35)29-32-17-25(18-33-29)40-27-12-21(19-36-7-3-20(4-8-36)13-28(38)39)11-26(34-27)22-14-23(30)16-24(31)15-22/h11-12,14-18,20H,2-10,13,19H2,1H3,(H,38,39). The second-order valence-electron chi connectivity index (χ2n) is 10.6. The molecule has 212 valence electrons. The molecule has 40 heavy (non-hydrogen) atoms. The maximum Gasteiger partial charge on any atom is 0.303 e. The van der Waals surface area contributed by atoms with Crippen LogP contribution in [0.4, 0.5) is 10.3 Å². The number of ether oxygens (including phenoxy) is 1. The molecule has 0 unspecified atom stereocenters. The number of carboxylic acid groups (broad SMARTS) is 1. The quantitative estimate of drug-likeness (QED) is 0.405. The van der Waals surface area contributed by atoms with Gasteiger partial charge in [0.15, 0.2) is 5.75 Å². The summed E-state index contributed by atoms with van der Waals surface area (Å²) in [4.78, 5) is 31.6. The molecule has 0 radical (unpaired) electrons. The highest BCUT2D eigenvalue weighted by Gasteiger charge is 2.22. The number of benzene rings is 1. The van der Waals surface area contributed by atoms with E-state index < -0.39 is 11.8 Å². The van der Waals surface area contributed by atoms with Crippen molar-refractivity contribution >= 4 is 23.5 Å². The molecular formula is C29H34ClFN6O3. The van der Waals surface area contributed by atoms with Crippen molar-refractivity contribution in [3.63, 3.8) is 0 Å². The number of piperidine rings is 1. The van der Waals surface area contributed by atoms with Crippen LogP contribution in [-0.4, -0.2) is 82.1 Å². The molecule has 4 heterocycles. The lowest BCUT2D eigenvalue weighted by atomic mass is 9.93. The van der Waals surface area contributed by atoms with Gasteiger partial charge in [0.1, 0.15) is 5.82 Å². The average molecular weight is 569 g/mol. The average Bonchev–Trinajstić information content (AvgIpc) is 3.14. The molecule has 2 saturated heterocycles. The number of rotatable bonds is 8. The van der Waals surface area contributed by atoms with E-state index in [0.29, 0.717) is 35.4 Å². The van der Waals surface area contributed by atoms with Crippen LogP contribution in [0.3, 0.4) is 0 Å². The Bertz CT molecular complexity index is 1300. The van der Waals surface area contributed by atoms with Gasteiger partial charge in [-0.25, -0.2) is 19.3 Å². The number of carbonyl (C=O) groups is 1. The van der Waals surface area contributed by atoms with Gasteiger partial charge in [-0.2, -0.15) is 0 Å². The molecule has 0 bridgehead atoms. The Kier molecular flexibility index (Phi) is 9.08. The molecule has 3 aromatic rings. The molecule has 5 rings (SSSR count). The Hall–Kier alpha value is -3.34. The summed E-state index contributed by atoms with van der Waals surface area (Å²) in [7, 11) is 2.12. The topological polar surface area (TPSA) is 94.9 Å². The van der Waals surface area contributed by atoms with E-state index >= 15 is 0 Å². The zero-order chi connectivity index (χ0) is 28.1. The molecule has 0 spiro atoms. The molecule has 0 atom stereocenters. The first-order chi connectivity index (χ1) is 19.3. The lowest BCUT2D eigenvalue weighted by Gasteiger charge is -2.31. The van der Waals surface area contributed by atoms with Crippen LogP contribution in [0.5, 0.6) is 11.6 Å². The van der Waals surface area contributed by atoms with Gasteiger partial charge in [0.05, 0.1) is 18.1 Å². The highest BCUT2D eigenvalue weighted by Crippen LogP contribution is 2.30. The van der Waals surface area contributed by atoms with Gasteiger partial charge < -0.3 is 19.6 Å². The fraction of sp³-hybridized carbons (Fsp3) is 0.448. The number of pyridine rings is 1. The Morgan fingerprint density at radius 3 is 2.55 bits per heavy atom. The molecule has 2 aliphatic heterocycles. The molecule has 11 heteroatoms. The predicted octanol–water partition coefficient (Wildman–Crippen LogP) is 4.95. The summed E-state index contributed by atoms with van der Waals surface area (Å²) in [6.45, 7) is 6.03. The van der Waals surface area contributed by atoms with Crippen molar-refractivity contribution in [3.8, 4) is 22.9 Å². The smallest absolute Gasteiger partial charge is 0.303 e. The Labute approximate surface area is 238 Å². The van der Waals surface area contributed by atoms with Crippen molar-refractivity contribution in [1.82, 2.24) is 24.8 Å². The third-order valence-electron chi connectivity index (χ3n) is 7.44. The fourth-order valence-electron chi connectivity index (χ4n) is 5.30. The SMILES string of the molecule is CN1CCCN(c2ncc(Oc3cc(CN4CCC(CC(=O)O)CC4)cc(-c4cc(F)cc(Cl)c4)n3)cn2)CC1. The van der Waals surface area contributed by atoms with E-state index in [2.05, 4.69) is 36.7 Å². The van der Waals surface area contributed by atoms with E-state index in [1.165, 1.54) is 12.1 Å². The molecular weight excluding hydrogens is 535 g/mol. The van der Waals surface area contributed by atoms with E-state index in [4.69, 9.17) is 21.4 Å². The highest BCUT2D eigenvalue weighted by atomic mass is 35.5. The lowest BCUT2D eigenvalue weighted by Crippen LogP contribution is -2.33. The van der Waals surface area contributed by atoms with E-state index in [0.717, 1.165) is 64.1 Å². The van der Waals surface area contributed by atoms with Gasteiger partial charge in [-0.1, -0.05) is 11.6 Å². The molecule has 0 saturated carbocycles. The number of nitrogens with zero attached hydrogens (tertiary/aromatic N) is 6. The van der Waals surface area contributed by atoms with Crippen LogP contribution in [0, 0.1) is 11.7 Å². The van der Waals surface area contributed by atoms with Gasteiger partial charge >= 0.3 is 5.97 Å². The van der Waals surface area contributed by atoms with Crippen LogP contribution in [0.2, 0.25) is 5.02 Å². The first-order valence-corrected chi connectivity index (χ1v) is 14.0. The van der Waals surface area contributed by atoms with E-state index in [1.54, 1.807) is 18.5 Å². The normalized spacial score (nSPS) is 17.5. The minimum atomic E-state index is -0.746. The summed E-state index contributed by atoms with van der Waals surface area (Å²) in [6, 6.07) is 8.11. The summed E-state index contributed by atoms with van der Waals surface area (Å²) >= 11 is 6.14. The molecule has 2 fully saturated rings. The van der Waals surface area contributed by atoms with Crippen molar-refractivity contribution in [3.05, 3.63) is 59.1 Å². The minimum absolute atomic E-state index is 0.202. The Morgan fingerprint density at radius 2 is 1.82 bits per heavy atom. The fourth-order valence-corrected chi connectivity index (χ4v) is 5.52. The van der Waals surface area contributed by atoms with Crippen LogP contribution in [0.15, 0.2) is 42.7 Å². The third kappa shape index (κ3) is 7.65. The third-order valence-corrected chi connectivity index (χ3v) is 7.65. The van der Waals surface area contributed by atoms with Crippen LogP contribution >= 0.6 is 11.6 Å². The van der Waals surface area contributed by atoms with Gasteiger partial charge in [-0.3, -0.25) is 9.69 Å². The Morgan fingerprint density at radius 1 is 1.05 bits per heavy atom. The number of carboxylic acids is 1. The molecule has 9 nitrogen and oxygen atoms in total. The number of hydrogen-bond acceptors (Lipinski definition) is 8. The zero-order valence-electron chi connectivity index (χ0n) is 22.6. The predicted molar refractivity (Wildman–Crippen MR) is 151 cm³/mol. The summed E-state index contributed by atoms with van der Waals surface area (Å²) in [5.74, 6) is 0.489. The van der Waals surface area contributed by atoms with Gasteiger partial charge in [-0.05, 0) is 81.7 Å². The first kappa shape index (κ1) is 28.2. The number of likely N-dealkylation sites (tertiary alicyclic amines) is 1. The van der Waals surface area contributed by atoms with Gasteiger partial charge in [0, 0.05) is 49.3 Å². The van der Waals surface area contributed by atoms with Crippen LogP contribution < -0.4 is 9.64 Å². The van der Waals surface area contributed by atoms with Gasteiger partial charge in [0.2, 0.25) is 11.8 Å². The van der Waals surface area contributed by atoms with Gasteiger partial charge in [-0.15, -0.1) is 0 Å². The van der Waals surface area contributed by atoms with Crippen LogP contribution in [-0.2, 0) is 11.3 Å². The number of anilines is 1. The molecule has 1 aromatic carbocycles. The van der Waals surface area contributed by atoms with Gasteiger partial charge in [0.25, 0.3) is 0 Å². The highest BCUT2D eigenvalue weighted by molar-refractivity contribution is 6.30. The minimum Gasteiger partial charge on any atom is -0.481 e. The second-order valence-corrected chi connectivity index (χ2v) is 11.1. The number of halogens is 2. The summed E-state index contributed by atoms with van der Waals surface area (Å²) < 4.78 is 20.3. The van der Waals surface area contributed by atoms with Crippen molar-refractivity contribution in [2.24, 2.45) is 5.92 Å². The summed E-state index contributed by atoms with van der Waals surface area (Å²) in [5, 5.41) is 9.40. The van der Waals surface area contributed by atoms with E-state index in [9.17, 15) is 9.18 Å². The molecule has 1 N–H and O–H groups in total. The monoisotopic (exact) mass is 568 g/mol. The maximum atomic E-state index is 14.2. The summed E-state index contributed by atoms with van der Waals surface area (Å²) in [6.07, 6.45) is 6.24. The molecule has 0 aliphatic carbocycles. The van der Waals surface area contributed by atoms with Crippen molar-refractivity contribution in [1.29, 1.82) is 0 Å². The van der Waals surface area contributed by atoms with Crippen molar-refractivity contribution in [2.75, 3.05) is 51.2 Å². The van der Waals surface area contributed by atoms with E-state index in [-0.39, 0.29) is 17.4 Å². The number of aromatic nitrogens is 3. The number of aliphatic carboxylic acids is 1. The Balaban J connectivity index is 1.34. The lowest BCUT2D eigenvalue weighted by molar-refractivity contribution is -0.138. The summed E-state index contributed by atoms with van der Waals surface area (Å²) in [5.41, 5.74) is 2.04. The molecule has 2 aliphatic rings. The second kappa shape index (κ2) is 12.9. The van der Waals surface area contributed by atoms with E-state index in [1.807, 2.05) is 12.1 Å². The molecule has 2 aromatic heterocycles. The number of hydrogen-bond donors (Lipinski definition) is 1. The largest absolute Gasteiger partial charge is 0.481 e.